The maximum Gasteiger partial charge on any atom is 0.221 e. The fourth-order valence-electron chi connectivity index (χ4n) is 3.27. The highest BCUT2D eigenvalue weighted by atomic mass is 79.9. The average molecular weight is 417 g/mol. The number of nitrogens with one attached hydrogen (secondary N) is 3. The molecule has 2 heterocycles. The van der Waals surface area contributed by atoms with Crippen molar-refractivity contribution in [3.05, 3.63) is 64.4 Å². The van der Waals surface area contributed by atoms with Crippen LogP contribution in [0.15, 0.2) is 53.3 Å². The number of hydrogen-bond donors (Lipinski definition) is 3. The maximum atomic E-state index is 12.2. The summed E-state index contributed by atoms with van der Waals surface area (Å²) < 4.78 is 1.09. The van der Waals surface area contributed by atoms with Crippen LogP contribution in [0.25, 0.3) is 0 Å². The number of pyridine rings is 1. The van der Waals surface area contributed by atoms with E-state index in [1.165, 1.54) is 11.1 Å². The van der Waals surface area contributed by atoms with Gasteiger partial charge in [0, 0.05) is 29.2 Å². The van der Waals surface area contributed by atoms with Crippen LogP contribution in [0.2, 0.25) is 0 Å². The van der Waals surface area contributed by atoms with Gasteiger partial charge in [-0.25, -0.2) is 10.9 Å². The van der Waals surface area contributed by atoms with E-state index in [0.29, 0.717) is 6.42 Å². The van der Waals surface area contributed by atoms with Crippen LogP contribution in [0.1, 0.15) is 43.4 Å². The first-order valence-corrected chi connectivity index (χ1v) is 9.87. The summed E-state index contributed by atoms with van der Waals surface area (Å²) in [4.78, 5) is 16.3. The fraction of sp³-hybridized carbons (Fsp3) is 0.400. The van der Waals surface area contributed by atoms with Crippen LogP contribution in [0.5, 0.6) is 0 Å². The monoisotopic (exact) mass is 416 g/mol. The number of unbranched alkanes of at least 4 members (excludes halogenated alkanes) is 1. The van der Waals surface area contributed by atoms with E-state index in [1.807, 2.05) is 12.1 Å². The number of rotatable bonds is 7. The van der Waals surface area contributed by atoms with Gasteiger partial charge in [-0.05, 0) is 54.7 Å². The Bertz CT molecular complexity index is 708. The van der Waals surface area contributed by atoms with Gasteiger partial charge in [0.1, 0.15) is 0 Å². The topological polar surface area (TPSA) is 66.1 Å². The zero-order chi connectivity index (χ0) is 18.4. The van der Waals surface area contributed by atoms with Crippen molar-refractivity contribution in [2.75, 3.05) is 0 Å². The van der Waals surface area contributed by atoms with Crippen LogP contribution >= 0.6 is 15.9 Å². The summed E-state index contributed by atoms with van der Waals surface area (Å²) in [6.45, 7) is 2.14. The summed E-state index contributed by atoms with van der Waals surface area (Å²) >= 11 is 3.44. The Morgan fingerprint density at radius 1 is 1.12 bits per heavy atom. The molecule has 26 heavy (non-hydrogen) atoms. The lowest BCUT2D eigenvalue weighted by atomic mass is 9.95. The van der Waals surface area contributed by atoms with Crippen molar-refractivity contribution < 1.29 is 4.79 Å². The van der Waals surface area contributed by atoms with E-state index in [-0.39, 0.29) is 24.0 Å². The number of aromatic nitrogens is 1. The molecule has 0 aliphatic carbocycles. The Hall–Kier alpha value is -1.76. The molecule has 1 aromatic carbocycles. The van der Waals surface area contributed by atoms with Crippen LogP contribution in [0.4, 0.5) is 0 Å². The van der Waals surface area contributed by atoms with E-state index in [1.54, 1.807) is 12.4 Å². The van der Waals surface area contributed by atoms with E-state index in [2.05, 4.69) is 68.3 Å². The highest BCUT2D eigenvalue weighted by Crippen LogP contribution is 2.26. The largest absolute Gasteiger partial charge is 0.339 e. The Kier molecular flexibility index (Phi) is 6.77. The molecule has 138 valence electrons. The second kappa shape index (κ2) is 9.26. The third-order valence-corrected chi connectivity index (χ3v) is 5.39. The summed E-state index contributed by atoms with van der Waals surface area (Å²) in [5, 5.41) is 3.10. The summed E-state index contributed by atoms with van der Waals surface area (Å²) in [6.07, 6.45) is 6.99. The number of amides is 1. The molecule has 1 saturated heterocycles. The van der Waals surface area contributed by atoms with Gasteiger partial charge in [0.25, 0.3) is 0 Å². The lowest BCUT2D eigenvalue weighted by molar-refractivity contribution is -0.122. The van der Waals surface area contributed by atoms with Gasteiger partial charge in [-0.2, -0.15) is 0 Å². The molecule has 6 heteroatoms. The van der Waals surface area contributed by atoms with Crippen molar-refractivity contribution in [1.29, 1.82) is 0 Å². The van der Waals surface area contributed by atoms with Crippen molar-refractivity contribution in [1.82, 2.24) is 21.2 Å². The lowest BCUT2D eigenvalue weighted by Gasteiger charge is -2.19. The van der Waals surface area contributed by atoms with Gasteiger partial charge in [-0.15, -0.1) is 0 Å². The first-order valence-electron chi connectivity index (χ1n) is 9.08. The Balaban J connectivity index is 1.39. The second-order valence-corrected chi connectivity index (χ2v) is 7.70. The smallest absolute Gasteiger partial charge is 0.221 e. The molecule has 3 atom stereocenters. The zero-order valence-corrected chi connectivity index (χ0v) is 16.5. The van der Waals surface area contributed by atoms with Crippen molar-refractivity contribution in [3.63, 3.8) is 0 Å². The van der Waals surface area contributed by atoms with Crippen LogP contribution < -0.4 is 16.2 Å². The molecule has 1 amide bonds. The van der Waals surface area contributed by atoms with Gasteiger partial charge in [0.15, 0.2) is 0 Å². The summed E-state index contributed by atoms with van der Waals surface area (Å²) in [5.74, 6) is 0.353. The molecule has 2 aromatic rings. The summed E-state index contributed by atoms with van der Waals surface area (Å²) in [6, 6.07) is 12.5. The molecule has 1 aromatic heterocycles. The molecule has 3 rings (SSSR count). The minimum atomic E-state index is -0.0628. The number of hydrogen-bond acceptors (Lipinski definition) is 4. The van der Waals surface area contributed by atoms with Crippen molar-refractivity contribution in [2.24, 2.45) is 5.92 Å². The number of carbonyl (C=O) groups is 1. The molecular formula is C20H25BrN4O. The first kappa shape index (κ1) is 19.0. The van der Waals surface area contributed by atoms with Gasteiger partial charge >= 0.3 is 0 Å². The minimum Gasteiger partial charge on any atom is -0.339 e. The number of carbonyl (C=O) groups excluding carboxylic acids is 1. The molecular weight excluding hydrogens is 392 g/mol. The molecule has 1 fully saturated rings. The number of benzene rings is 1. The number of hydrazine groups is 1. The van der Waals surface area contributed by atoms with Gasteiger partial charge in [-0.3, -0.25) is 9.78 Å². The first-order chi connectivity index (χ1) is 12.6. The molecule has 0 saturated carbocycles. The molecule has 0 spiro atoms. The Morgan fingerprint density at radius 3 is 2.58 bits per heavy atom. The van der Waals surface area contributed by atoms with Crippen LogP contribution in [-0.2, 0) is 11.2 Å². The summed E-state index contributed by atoms with van der Waals surface area (Å²) in [5.41, 5.74) is 8.96. The standard InChI is InChI=1S/C20H25BrN4O/c1-14-19(16-10-12-22-13-11-16)24-25-20(14)23-18(26)5-3-2-4-15-6-8-17(21)9-7-15/h6-14,19-20,24-25H,2-5H2,1H3,(H,23,26). The van der Waals surface area contributed by atoms with Crippen molar-refractivity contribution in [3.8, 4) is 0 Å². The Morgan fingerprint density at radius 2 is 1.85 bits per heavy atom. The minimum absolute atomic E-state index is 0.0628. The number of halogens is 1. The van der Waals surface area contributed by atoms with Gasteiger partial charge < -0.3 is 5.32 Å². The quantitative estimate of drug-likeness (QED) is 0.604. The van der Waals surface area contributed by atoms with Gasteiger partial charge in [0.2, 0.25) is 5.91 Å². The van der Waals surface area contributed by atoms with Gasteiger partial charge in [0.05, 0.1) is 12.2 Å². The molecule has 1 aliphatic rings. The van der Waals surface area contributed by atoms with Crippen LogP contribution in [0.3, 0.4) is 0 Å². The predicted molar refractivity (Wildman–Crippen MR) is 106 cm³/mol. The zero-order valence-electron chi connectivity index (χ0n) is 14.9. The van der Waals surface area contributed by atoms with Crippen LogP contribution in [-0.4, -0.2) is 17.1 Å². The summed E-state index contributed by atoms with van der Waals surface area (Å²) in [7, 11) is 0. The molecule has 3 unspecified atom stereocenters. The van der Waals surface area contributed by atoms with E-state index < -0.39 is 0 Å². The van der Waals surface area contributed by atoms with Crippen molar-refractivity contribution in [2.45, 2.75) is 44.8 Å². The predicted octanol–water partition coefficient (Wildman–Crippen LogP) is 3.48. The molecule has 3 N–H and O–H groups in total. The number of nitrogens with zero attached hydrogens (tertiary/aromatic N) is 1. The van der Waals surface area contributed by atoms with Crippen molar-refractivity contribution >= 4 is 21.8 Å². The van der Waals surface area contributed by atoms with Gasteiger partial charge in [-0.1, -0.05) is 35.0 Å². The van der Waals surface area contributed by atoms with Crippen LogP contribution in [0, 0.1) is 5.92 Å². The number of aryl methyl sites for hydroxylation is 1. The van der Waals surface area contributed by atoms with E-state index in [9.17, 15) is 4.79 Å². The Labute approximate surface area is 163 Å². The molecule has 0 radical (unpaired) electrons. The third-order valence-electron chi connectivity index (χ3n) is 4.86. The van der Waals surface area contributed by atoms with E-state index in [0.717, 1.165) is 23.7 Å². The second-order valence-electron chi connectivity index (χ2n) is 6.78. The SMILES string of the molecule is CC1C(NC(=O)CCCCc2ccc(Br)cc2)NNC1c1ccncc1. The third kappa shape index (κ3) is 5.13. The highest BCUT2D eigenvalue weighted by molar-refractivity contribution is 9.10. The van der Waals surface area contributed by atoms with E-state index in [4.69, 9.17) is 0 Å². The fourth-order valence-corrected chi connectivity index (χ4v) is 3.54. The normalized spacial score (nSPS) is 22.3. The lowest BCUT2D eigenvalue weighted by Crippen LogP contribution is -2.46. The van der Waals surface area contributed by atoms with E-state index >= 15 is 0 Å². The highest BCUT2D eigenvalue weighted by Gasteiger charge is 2.33. The maximum absolute atomic E-state index is 12.2. The molecule has 5 nitrogen and oxygen atoms in total. The average Bonchev–Trinajstić information content (AvgIpc) is 3.01. The molecule has 1 aliphatic heterocycles. The molecule has 0 bridgehead atoms.